The highest BCUT2D eigenvalue weighted by molar-refractivity contribution is 4.99. The molecular formula is C14H28N2. The molecule has 0 aromatic heterocycles. The molecule has 2 nitrogen and oxygen atoms in total. The third-order valence-electron chi connectivity index (χ3n) is 3.87. The molecule has 0 spiro atoms. The molecule has 2 fully saturated rings. The number of hydrogen-bond donors (Lipinski definition) is 2. The summed E-state index contributed by atoms with van der Waals surface area (Å²) in [4.78, 5) is 0. The first-order valence-corrected chi connectivity index (χ1v) is 6.89. The van der Waals surface area contributed by atoms with Crippen LogP contribution in [0.2, 0.25) is 0 Å². The molecule has 1 saturated carbocycles. The Hall–Kier alpha value is -0.0800. The van der Waals surface area contributed by atoms with Crippen LogP contribution in [0.25, 0.3) is 0 Å². The Morgan fingerprint density at radius 3 is 2.12 bits per heavy atom. The summed E-state index contributed by atoms with van der Waals surface area (Å²) in [6.07, 6.45) is 6.85. The van der Waals surface area contributed by atoms with Crippen LogP contribution >= 0.6 is 0 Å². The average molecular weight is 224 g/mol. The van der Waals surface area contributed by atoms with Gasteiger partial charge >= 0.3 is 0 Å². The lowest BCUT2D eigenvalue weighted by molar-refractivity contribution is 0.146. The monoisotopic (exact) mass is 224 g/mol. The van der Waals surface area contributed by atoms with E-state index in [1.165, 1.54) is 38.6 Å². The van der Waals surface area contributed by atoms with Gasteiger partial charge in [-0.25, -0.2) is 0 Å². The zero-order chi connectivity index (χ0) is 11.8. The molecule has 0 atom stereocenters. The Bertz CT molecular complexity index is 225. The molecule has 1 aliphatic heterocycles. The average Bonchev–Trinajstić information content (AvgIpc) is 2.81. The lowest BCUT2D eigenvalue weighted by atomic mass is 9.79. The van der Waals surface area contributed by atoms with Crippen molar-refractivity contribution in [3.05, 3.63) is 0 Å². The predicted molar refractivity (Wildman–Crippen MR) is 69.7 cm³/mol. The third kappa shape index (κ3) is 3.74. The Balaban J connectivity index is 1.78. The third-order valence-corrected chi connectivity index (χ3v) is 3.87. The summed E-state index contributed by atoms with van der Waals surface area (Å²) in [6.45, 7) is 10.5. The lowest BCUT2D eigenvalue weighted by Crippen LogP contribution is -2.61. The molecule has 2 rings (SSSR count). The van der Waals surface area contributed by atoms with Gasteiger partial charge in [0.25, 0.3) is 0 Å². The van der Waals surface area contributed by atoms with Gasteiger partial charge in [-0.15, -0.1) is 0 Å². The molecule has 2 aliphatic rings. The standard InChI is InChI=1S/C14H28N2/c1-13(2)9-12(10-14(3,4)16-13)15-8-7-11-5-6-11/h11-12,15-16H,5-10H2,1-4H3. The summed E-state index contributed by atoms with van der Waals surface area (Å²) < 4.78 is 0. The molecule has 0 amide bonds. The molecule has 1 saturated heterocycles. The van der Waals surface area contributed by atoms with Crippen molar-refractivity contribution in [2.24, 2.45) is 5.92 Å². The van der Waals surface area contributed by atoms with Crippen molar-refractivity contribution in [3.63, 3.8) is 0 Å². The van der Waals surface area contributed by atoms with E-state index in [0.717, 1.165) is 5.92 Å². The molecule has 1 aliphatic carbocycles. The largest absolute Gasteiger partial charge is 0.314 e. The van der Waals surface area contributed by atoms with Gasteiger partial charge in [-0.2, -0.15) is 0 Å². The zero-order valence-corrected chi connectivity index (χ0v) is 11.4. The van der Waals surface area contributed by atoms with Crippen LogP contribution in [0.1, 0.15) is 59.8 Å². The smallest absolute Gasteiger partial charge is 0.0144 e. The van der Waals surface area contributed by atoms with Gasteiger partial charge in [0.15, 0.2) is 0 Å². The van der Waals surface area contributed by atoms with Crippen molar-refractivity contribution < 1.29 is 0 Å². The highest BCUT2D eigenvalue weighted by Crippen LogP contribution is 2.32. The second-order valence-electron chi connectivity index (χ2n) is 7.18. The van der Waals surface area contributed by atoms with Crippen molar-refractivity contribution in [2.75, 3.05) is 6.54 Å². The zero-order valence-electron chi connectivity index (χ0n) is 11.4. The van der Waals surface area contributed by atoms with E-state index in [0.29, 0.717) is 6.04 Å². The fourth-order valence-corrected chi connectivity index (χ4v) is 3.36. The summed E-state index contributed by atoms with van der Waals surface area (Å²) in [5, 5.41) is 7.50. The van der Waals surface area contributed by atoms with Crippen LogP contribution in [0, 0.1) is 5.92 Å². The van der Waals surface area contributed by atoms with E-state index in [4.69, 9.17) is 0 Å². The molecule has 2 N–H and O–H groups in total. The number of nitrogens with one attached hydrogen (secondary N) is 2. The fraction of sp³-hybridized carbons (Fsp3) is 1.00. The highest BCUT2D eigenvalue weighted by atomic mass is 15.1. The summed E-state index contributed by atoms with van der Waals surface area (Å²) in [5.41, 5.74) is 0.554. The van der Waals surface area contributed by atoms with Crippen LogP contribution in [-0.4, -0.2) is 23.7 Å². The first-order valence-electron chi connectivity index (χ1n) is 6.89. The molecule has 0 aromatic carbocycles. The van der Waals surface area contributed by atoms with Crippen LogP contribution in [0.4, 0.5) is 0 Å². The van der Waals surface area contributed by atoms with E-state index in [1.807, 2.05) is 0 Å². The molecule has 0 bridgehead atoms. The van der Waals surface area contributed by atoms with Crippen molar-refractivity contribution in [2.45, 2.75) is 76.9 Å². The number of rotatable bonds is 4. The van der Waals surface area contributed by atoms with Crippen LogP contribution in [-0.2, 0) is 0 Å². The first-order chi connectivity index (χ1) is 7.36. The van der Waals surface area contributed by atoms with Gasteiger partial charge in [0.2, 0.25) is 0 Å². The molecule has 16 heavy (non-hydrogen) atoms. The first kappa shape index (κ1) is 12.4. The Morgan fingerprint density at radius 2 is 1.62 bits per heavy atom. The van der Waals surface area contributed by atoms with Crippen LogP contribution < -0.4 is 10.6 Å². The van der Waals surface area contributed by atoms with E-state index < -0.39 is 0 Å². The SMILES string of the molecule is CC1(C)CC(NCCC2CC2)CC(C)(C)N1. The van der Waals surface area contributed by atoms with E-state index in [1.54, 1.807) is 0 Å². The van der Waals surface area contributed by atoms with Crippen molar-refractivity contribution in [3.8, 4) is 0 Å². The van der Waals surface area contributed by atoms with E-state index >= 15 is 0 Å². The van der Waals surface area contributed by atoms with E-state index in [-0.39, 0.29) is 11.1 Å². The minimum absolute atomic E-state index is 0.277. The molecule has 0 unspecified atom stereocenters. The molecule has 1 heterocycles. The topological polar surface area (TPSA) is 24.1 Å². The van der Waals surface area contributed by atoms with Crippen LogP contribution in [0.15, 0.2) is 0 Å². The maximum absolute atomic E-state index is 3.76. The maximum Gasteiger partial charge on any atom is 0.0144 e. The molecular weight excluding hydrogens is 196 g/mol. The van der Waals surface area contributed by atoms with E-state index in [9.17, 15) is 0 Å². The summed E-state index contributed by atoms with van der Waals surface area (Å²) >= 11 is 0. The summed E-state index contributed by atoms with van der Waals surface area (Å²) in [7, 11) is 0. The Labute approximate surface area is 101 Å². The van der Waals surface area contributed by atoms with Crippen LogP contribution in [0.3, 0.4) is 0 Å². The minimum Gasteiger partial charge on any atom is -0.314 e. The molecule has 2 heteroatoms. The van der Waals surface area contributed by atoms with Gasteiger partial charge in [0, 0.05) is 17.1 Å². The van der Waals surface area contributed by atoms with Crippen molar-refractivity contribution in [1.29, 1.82) is 0 Å². The van der Waals surface area contributed by atoms with Gasteiger partial charge in [0.05, 0.1) is 0 Å². The van der Waals surface area contributed by atoms with Gasteiger partial charge < -0.3 is 10.6 Å². The van der Waals surface area contributed by atoms with Crippen molar-refractivity contribution >= 4 is 0 Å². The Morgan fingerprint density at radius 1 is 1.06 bits per heavy atom. The quantitative estimate of drug-likeness (QED) is 0.767. The van der Waals surface area contributed by atoms with Crippen LogP contribution in [0.5, 0.6) is 0 Å². The highest BCUT2D eigenvalue weighted by Gasteiger charge is 2.37. The maximum atomic E-state index is 3.76. The Kier molecular flexibility index (Phi) is 3.33. The summed E-state index contributed by atoms with van der Waals surface area (Å²) in [6, 6.07) is 0.699. The summed E-state index contributed by atoms with van der Waals surface area (Å²) in [5.74, 6) is 1.05. The van der Waals surface area contributed by atoms with Gasteiger partial charge in [-0.1, -0.05) is 12.8 Å². The second kappa shape index (κ2) is 4.30. The molecule has 0 radical (unpaired) electrons. The lowest BCUT2D eigenvalue weighted by Gasteiger charge is -2.46. The second-order valence-corrected chi connectivity index (χ2v) is 7.18. The minimum atomic E-state index is 0.277. The van der Waals surface area contributed by atoms with Gasteiger partial charge in [-0.3, -0.25) is 0 Å². The normalized spacial score (nSPS) is 29.2. The van der Waals surface area contributed by atoms with Gasteiger partial charge in [-0.05, 0) is 59.4 Å². The number of piperidine rings is 1. The predicted octanol–water partition coefficient (Wildman–Crippen LogP) is 2.69. The number of hydrogen-bond acceptors (Lipinski definition) is 2. The van der Waals surface area contributed by atoms with E-state index in [2.05, 4.69) is 38.3 Å². The fourth-order valence-electron chi connectivity index (χ4n) is 3.36. The van der Waals surface area contributed by atoms with Gasteiger partial charge in [0.1, 0.15) is 0 Å². The molecule has 0 aromatic rings. The van der Waals surface area contributed by atoms with Crippen molar-refractivity contribution in [1.82, 2.24) is 10.6 Å². The molecule has 94 valence electrons.